The van der Waals surface area contributed by atoms with Crippen LogP contribution in [0.1, 0.15) is 39.0 Å². The molecule has 2 aliphatic heterocycles. The van der Waals surface area contributed by atoms with Crippen LogP contribution in [0.2, 0.25) is 0 Å². The summed E-state index contributed by atoms with van der Waals surface area (Å²) in [5, 5.41) is 0. The molecule has 2 unspecified atom stereocenters. The summed E-state index contributed by atoms with van der Waals surface area (Å²) in [4.78, 5) is 31.3. The summed E-state index contributed by atoms with van der Waals surface area (Å²) in [5.41, 5.74) is 1.98. The van der Waals surface area contributed by atoms with Crippen molar-refractivity contribution in [2.45, 2.75) is 45.1 Å². The number of nitrogens with zero attached hydrogens (tertiary/aromatic N) is 3. The number of piperidine rings is 1. The number of anilines is 2. The normalized spacial score (nSPS) is 23.9. The molecule has 2 aliphatic rings. The summed E-state index contributed by atoms with van der Waals surface area (Å²) in [5.74, 6) is 0.0292. The fourth-order valence-electron chi connectivity index (χ4n) is 4.00. The molecule has 0 saturated carbocycles. The van der Waals surface area contributed by atoms with Crippen LogP contribution in [0.15, 0.2) is 24.3 Å². The van der Waals surface area contributed by atoms with Crippen LogP contribution in [-0.4, -0.2) is 49.9 Å². The summed E-state index contributed by atoms with van der Waals surface area (Å²) in [6.07, 6.45) is 4.72. The Morgan fingerprint density at radius 1 is 1.20 bits per heavy atom. The van der Waals surface area contributed by atoms with Crippen molar-refractivity contribution in [3.05, 3.63) is 24.3 Å². The number of benzene rings is 1. The van der Waals surface area contributed by atoms with Crippen molar-refractivity contribution < 1.29 is 9.59 Å². The zero-order chi connectivity index (χ0) is 18.0. The van der Waals surface area contributed by atoms with Crippen LogP contribution in [0.3, 0.4) is 0 Å². The molecule has 0 radical (unpaired) electrons. The number of amides is 2. The number of hydrogen-bond donors (Lipinski definition) is 0. The highest BCUT2D eigenvalue weighted by molar-refractivity contribution is 6.00. The van der Waals surface area contributed by atoms with E-state index in [9.17, 15) is 9.59 Å². The first-order valence-electron chi connectivity index (χ1n) is 9.39. The third-order valence-corrected chi connectivity index (χ3v) is 5.53. The Balaban J connectivity index is 1.70. The molecule has 3 rings (SSSR count). The van der Waals surface area contributed by atoms with Gasteiger partial charge in [0.25, 0.3) is 0 Å². The molecule has 0 N–H and O–H groups in total. The molecule has 136 valence electrons. The van der Waals surface area contributed by atoms with Crippen molar-refractivity contribution in [3.8, 4) is 0 Å². The molecule has 0 aliphatic carbocycles. The number of carbonyl (C=O) groups is 2. The second-order valence-electron chi connectivity index (χ2n) is 7.41. The van der Waals surface area contributed by atoms with Crippen molar-refractivity contribution in [1.82, 2.24) is 4.90 Å². The number of carbonyl (C=O) groups excluding carboxylic acids is 2. The maximum Gasteiger partial charge on any atom is 0.228 e. The molecule has 1 aromatic rings. The third kappa shape index (κ3) is 3.65. The Morgan fingerprint density at radius 2 is 1.92 bits per heavy atom. The average Bonchev–Trinajstić information content (AvgIpc) is 3.02. The zero-order valence-electron chi connectivity index (χ0n) is 15.6. The fraction of sp³-hybridized carbons (Fsp3) is 0.600. The van der Waals surface area contributed by atoms with E-state index >= 15 is 0 Å². The molecule has 2 amide bonds. The molecule has 5 nitrogen and oxygen atoms in total. The lowest BCUT2D eigenvalue weighted by Gasteiger charge is -2.36. The highest BCUT2D eigenvalue weighted by Gasteiger charge is 2.39. The molecule has 0 bridgehead atoms. The minimum absolute atomic E-state index is 0.0565. The van der Waals surface area contributed by atoms with Crippen molar-refractivity contribution in [1.29, 1.82) is 0 Å². The first-order valence-corrected chi connectivity index (χ1v) is 9.39. The van der Waals surface area contributed by atoms with Gasteiger partial charge in [0, 0.05) is 51.0 Å². The van der Waals surface area contributed by atoms with Crippen LogP contribution >= 0.6 is 0 Å². The number of rotatable bonds is 4. The molecule has 1 aromatic carbocycles. The molecule has 2 heterocycles. The molecule has 2 atom stereocenters. The molecule has 0 spiro atoms. The lowest BCUT2D eigenvalue weighted by Crippen LogP contribution is -2.46. The first-order chi connectivity index (χ1) is 12.0. The van der Waals surface area contributed by atoms with Gasteiger partial charge in [-0.15, -0.1) is 0 Å². The fourth-order valence-corrected chi connectivity index (χ4v) is 4.00. The summed E-state index contributed by atoms with van der Waals surface area (Å²) >= 11 is 0. The highest BCUT2D eigenvalue weighted by Crippen LogP contribution is 2.30. The zero-order valence-corrected chi connectivity index (χ0v) is 15.6. The van der Waals surface area contributed by atoms with Crippen molar-refractivity contribution in [2.75, 3.05) is 37.0 Å². The Hall–Kier alpha value is -2.04. The molecule has 0 aromatic heterocycles. The Bertz CT molecular complexity index is 626. The van der Waals surface area contributed by atoms with E-state index in [1.165, 1.54) is 6.42 Å². The van der Waals surface area contributed by atoms with Gasteiger partial charge >= 0.3 is 0 Å². The van der Waals surface area contributed by atoms with E-state index in [2.05, 4.69) is 6.92 Å². The van der Waals surface area contributed by atoms with Crippen LogP contribution in [0.4, 0.5) is 11.4 Å². The average molecular weight is 343 g/mol. The topological polar surface area (TPSA) is 43.9 Å². The lowest BCUT2D eigenvalue weighted by molar-refractivity contribution is -0.139. The second kappa shape index (κ2) is 7.46. The van der Waals surface area contributed by atoms with Crippen LogP contribution in [0.5, 0.6) is 0 Å². The SMILES string of the molecule is CCC1CCCCN1C(=O)C1CC(=O)N(c2ccc(N(C)C)cc2)C1. The maximum absolute atomic E-state index is 13.0. The van der Waals surface area contributed by atoms with Gasteiger partial charge in [0.15, 0.2) is 0 Å². The molecule has 2 saturated heterocycles. The summed E-state index contributed by atoms with van der Waals surface area (Å²) < 4.78 is 0. The van der Waals surface area contributed by atoms with Crippen LogP contribution < -0.4 is 9.80 Å². The number of likely N-dealkylation sites (tertiary alicyclic amines) is 1. The minimum atomic E-state index is -0.201. The van der Waals surface area contributed by atoms with Gasteiger partial charge in [0.05, 0.1) is 5.92 Å². The van der Waals surface area contributed by atoms with Crippen molar-refractivity contribution in [3.63, 3.8) is 0 Å². The van der Waals surface area contributed by atoms with Crippen LogP contribution in [0.25, 0.3) is 0 Å². The van der Waals surface area contributed by atoms with Gasteiger partial charge in [-0.1, -0.05) is 6.92 Å². The summed E-state index contributed by atoms with van der Waals surface area (Å²) in [6, 6.07) is 8.31. The smallest absolute Gasteiger partial charge is 0.228 e. The van der Waals surface area contributed by atoms with Gasteiger partial charge in [0.2, 0.25) is 11.8 Å². The van der Waals surface area contributed by atoms with Gasteiger partial charge in [0.1, 0.15) is 0 Å². The van der Waals surface area contributed by atoms with Gasteiger partial charge < -0.3 is 14.7 Å². The van der Waals surface area contributed by atoms with E-state index in [0.717, 1.165) is 37.2 Å². The quantitative estimate of drug-likeness (QED) is 0.844. The Kier molecular flexibility index (Phi) is 5.30. The highest BCUT2D eigenvalue weighted by atomic mass is 16.2. The predicted octanol–water partition coefficient (Wildman–Crippen LogP) is 2.90. The van der Waals surface area contributed by atoms with E-state index < -0.39 is 0 Å². The Labute approximate surface area is 150 Å². The van der Waals surface area contributed by atoms with E-state index in [1.54, 1.807) is 4.90 Å². The Morgan fingerprint density at radius 3 is 2.56 bits per heavy atom. The molecule has 2 fully saturated rings. The monoisotopic (exact) mass is 343 g/mol. The van der Waals surface area contributed by atoms with Gasteiger partial charge in [-0.3, -0.25) is 9.59 Å². The predicted molar refractivity (Wildman–Crippen MR) is 101 cm³/mol. The van der Waals surface area contributed by atoms with Gasteiger partial charge in [-0.05, 0) is 49.9 Å². The van der Waals surface area contributed by atoms with E-state index in [-0.39, 0.29) is 17.7 Å². The molecular formula is C20H29N3O2. The van der Waals surface area contributed by atoms with E-state index in [1.807, 2.05) is 48.2 Å². The molecular weight excluding hydrogens is 314 g/mol. The third-order valence-electron chi connectivity index (χ3n) is 5.53. The largest absolute Gasteiger partial charge is 0.378 e. The van der Waals surface area contributed by atoms with Crippen LogP contribution in [0, 0.1) is 5.92 Å². The van der Waals surface area contributed by atoms with Gasteiger partial charge in [-0.2, -0.15) is 0 Å². The van der Waals surface area contributed by atoms with Crippen LogP contribution in [-0.2, 0) is 9.59 Å². The number of hydrogen-bond acceptors (Lipinski definition) is 3. The van der Waals surface area contributed by atoms with E-state index in [0.29, 0.717) is 19.0 Å². The van der Waals surface area contributed by atoms with Gasteiger partial charge in [-0.25, -0.2) is 0 Å². The molecule has 5 heteroatoms. The van der Waals surface area contributed by atoms with Crippen molar-refractivity contribution in [2.24, 2.45) is 5.92 Å². The lowest BCUT2D eigenvalue weighted by atomic mass is 9.97. The maximum atomic E-state index is 13.0. The van der Waals surface area contributed by atoms with E-state index in [4.69, 9.17) is 0 Å². The minimum Gasteiger partial charge on any atom is -0.378 e. The summed E-state index contributed by atoms with van der Waals surface area (Å²) in [6.45, 7) is 3.50. The standard InChI is InChI=1S/C20H29N3O2/c1-4-16-7-5-6-12-22(16)20(25)15-13-19(24)23(14-15)18-10-8-17(9-11-18)21(2)3/h8-11,15-16H,4-7,12-14H2,1-3H3. The first kappa shape index (κ1) is 17.8. The summed E-state index contributed by atoms with van der Waals surface area (Å²) in [7, 11) is 3.99. The second-order valence-corrected chi connectivity index (χ2v) is 7.41. The molecule has 25 heavy (non-hydrogen) atoms. The van der Waals surface area contributed by atoms with Crippen molar-refractivity contribution >= 4 is 23.2 Å².